The van der Waals surface area contributed by atoms with Crippen LogP contribution in [0.2, 0.25) is 0 Å². The Hall–Kier alpha value is -2.19. The molecular weight excluding hydrogens is 382 g/mol. The predicted octanol–water partition coefficient (Wildman–Crippen LogP) is 4.82. The van der Waals surface area contributed by atoms with E-state index in [0.29, 0.717) is 28.9 Å². The van der Waals surface area contributed by atoms with Crippen LogP contribution in [-0.4, -0.2) is 18.6 Å². The summed E-state index contributed by atoms with van der Waals surface area (Å²) in [6.07, 6.45) is 5.44. The minimum absolute atomic E-state index is 0.226. The lowest BCUT2D eigenvalue weighted by molar-refractivity contribution is 0.354. The molecule has 6 nitrogen and oxygen atoms in total. The van der Waals surface area contributed by atoms with Gasteiger partial charge in [0.15, 0.2) is 0 Å². The van der Waals surface area contributed by atoms with Gasteiger partial charge in [-0.15, -0.1) is 11.3 Å². The summed E-state index contributed by atoms with van der Waals surface area (Å²) >= 11 is 1.15. The summed E-state index contributed by atoms with van der Waals surface area (Å²) in [6, 6.07) is 8.98. The number of aryl methyl sites for hydroxylation is 1. The van der Waals surface area contributed by atoms with Crippen molar-refractivity contribution in [1.29, 1.82) is 0 Å². The zero-order valence-electron chi connectivity index (χ0n) is 15.0. The van der Waals surface area contributed by atoms with Gasteiger partial charge in [-0.25, -0.2) is 8.42 Å². The first-order valence-electron chi connectivity index (χ1n) is 9.09. The van der Waals surface area contributed by atoms with Crippen LogP contribution in [0.1, 0.15) is 50.0 Å². The number of benzene rings is 1. The summed E-state index contributed by atoms with van der Waals surface area (Å²) in [5, 5.41) is 5.78. The highest BCUT2D eigenvalue weighted by molar-refractivity contribution is 7.94. The van der Waals surface area contributed by atoms with Crippen LogP contribution in [0.25, 0.3) is 11.4 Å². The van der Waals surface area contributed by atoms with Crippen LogP contribution in [0.15, 0.2) is 44.4 Å². The molecule has 1 N–H and O–H groups in total. The van der Waals surface area contributed by atoms with Crippen LogP contribution in [0, 0.1) is 0 Å². The summed E-state index contributed by atoms with van der Waals surface area (Å²) in [5.41, 5.74) is 2.37. The first kappa shape index (κ1) is 18.2. The van der Waals surface area contributed by atoms with Crippen molar-refractivity contribution in [3.63, 3.8) is 0 Å². The topological polar surface area (TPSA) is 85.1 Å². The number of thiophene rings is 1. The van der Waals surface area contributed by atoms with Crippen LogP contribution < -0.4 is 4.72 Å². The molecule has 0 spiro atoms. The fraction of sp³-hybridized carbons (Fsp3) is 0.368. The van der Waals surface area contributed by atoms with E-state index in [9.17, 15) is 8.42 Å². The van der Waals surface area contributed by atoms with Crippen molar-refractivity contribution in [1.82, 2.24) is 10.1 Å². The highest BCUT2D eigenvalue weighted by atomic mass is 32.2. The quantitative estimate of drug-likeness (QED) is 0.638. The number of rotatable bonds is 6. The number of hydrogen-bond donors (Lipinski definition) is 1. The molecule has 2 aromatic heterocycles. The van der Waals surface area contributed by atoms with Crippen molar-refractivity contribution < 1.29 is 12.9 Å². The van der Waals surface area contributed by atoms with E-state index in [0.717, 1.165) is 36.2 Å². The Balaban J connectivity index is 1.52. The van der Waals surface area contributed by atoms with Gasteiger partial charge >= 0.3 is 0 Å². The molecule has 0 amide bonds. The molecule has 0 saturated heterocycles. The van der Waals surface area contributed by atoms with E-state index in [4.69, 9.17) is 4.52 Å². The molecule has 1 aromatic carbocycles. The van der Waals surface area contributed by atoms with Gasteiger partial charge in [0.25, 0.3) is 10.0 Å². The highest BCUT2D eigenvalue weighted by Gasteiger charge is 2.24. The maximum atomic E-state index is 12.7. The molecular formula is C19H21N3O3S2. The second-order valence-electron chi connectivity index (χ2n) is 6.75. The number of nitrogens with zero attached hydrogens (tertiary/aromatic N) is 2. The molecule has 1 fully saturated rings. The molecule has 27 heavy (non-hydrogen) atoms. The molecule has 8 heteroatoms. The standard InChI is InChI=1S/C19H21N3O3S2/c1-2-13-7-9-16(10-8-13)22-27(23,24)17-11-15(12-26-17)18-20-19(25-21-18)14-5-3-4-6-14/h7-12,14,22H,2-6H2,1H3. The van der Waals surface area contributed by atoms with Gasteiger partial charge in [-0.2, -0.15) is 4.98 Å². The number of aromatic nitrogens is 2. The minimum Gasteiger partial charge on any atom is -0.339 e. The molecule has 142 valence electrons. The van der Waals surface area contributed by atoms with Gasteiger partial charge < -0.3 is 4.52 Å². The van der Waals surface area contributed by atoms with Crippen LogP contribution in [0.5, 0.6) is 0 Å². The molecule has 0 aliphatic heterocycles. The zero-order valence-corrected chi connectivity index (χ0v) is 16.6. The molecule has 0 bridgehead atoms. The first-order chi connectivity index (χ1) is 13.0. The van der Waals surface area contributed by atoms with E-state index >= 15 is 0 Å². The normalized spacial score (nSPS) is 15.3. The first-order valence-corrected chi connectivity index (χ1v) is 11.5. The van der Waals surface area contributed by atoms with Crippen molar-refractivity contribution in [2.45, 2.75) is 49.2 Å². The minimum atomic E-state index is -3.65. The second-order valence-corrected chi connectivity index (χ2v) is 9.57. The molecule has 0 unspecified atom stereocenters. The van der Waals surface area contributed by atoms with Crippen LogP contribution in [0.4, 0.5) is 5.69 Å². The van der Waals surface area contributed by atoms with E-state index in [1.807, 2.05) is 12.1 Å². The average Bonchev–Trinajstić information content (AvgIpc) is 3.42. The molecule has 2 heterocycles. The van der Waals surface area contributed by atoms with Gasteiger partial charge in [-0.05, 0) is 43.0 Å². The Labute approximate surface area is 162 Å². The maximum absolute atomic E-state index is 12.7. The summed E-state index contributed by atoms with van der Waals surface area (Å²) in [7, 11) is -3.65. The van der Waals surface area contributed by atoms with E-state index in [-0.39, 0.29) is 4.21 Å². The Morgan fingerprint density at radius 2 is 1.96 bits per heavy atom. The van der Waals surface area contributed by atoms with Crippen molar-refractivity contribution in [3.8, 4) is 11.4 Å². The van der Waals surface area contributed by atoms with E-state index in [1.165, 1.54) is 12.8 Å². The van der Waals surface area contributed by atoms with Gasteiger partial charge in [0, 0.05) is 22.5 Å². The van der Waals surface area contributed by atoms with Crippen LogP contribution in [-0.2, 0) is 16.4 Å². The second kappa shape index (κ2) is 7.44. The lowest BCUT2D eigenvalue weighted by Gasteiger charge is -2.06. The fourth-order valence-electron chi connectivity index (χ4n) is 3.28. The molecule has 1 saturated carbocycles. The molecule has 0 atom stereocenters. The molecule has 4 rings (SSSR count). The summed E-state index contributed by atoms with van der Waals surface area (Å²) in [5.74, 6) is 1.44. The number of hydrogen-bond acceptors (Lipinski definition) is 6. The SMILES string of the molecule is CCc1ccc(NS(=O)(=O)c2cc(-c3noc(C4CCCC4)n3)cs2)cc1. The van der Waals surface area contributed by atoms with Crippen molar-refractivity contribution in [2.75, 3.05) is 4.72 Å². The molecule has 1 aliphatic rings. The van der Waals surface area contributed by atoms with E-state index < -0.39 is 10.0 Å². The number of nitrogens with one attached hydrogen (secondary N) is 1. The van der Waals surface area contributed by atoms with Gasteiger partial charge in [-0.1, -0.05) is 37.1 Å². The fourth-order valence-corrected chi connectivity index (χ4v) is 5.50. The highest BCUT2D eigenvalue weighted by Crippen LogP contribution is 2.35. The largest absolute Gasteiger partial charge is 0.339 e. The Kier molecular flexibility index (Phi) is 5.01. The van der Waals surface area contributed by atoms with Gasteiger partial charge in [0.1, 0.15) is 4.21 Å². The molecule has 0 radical (unpaired) electrons. The predicted molar refractivity (Wildman–Crippen MR) is 105 cm³/mol. The smallest absolute Gasteiger partial charge is 0.271 e. The number of sulfonamides is 1. The number of anilines is 1. The Bertz CT molecular complexity index is 1020. The third-order valence-electron chi connectivity index (χ3n) is 4.86. The van der Waals surface area contributed by atoms with Crippen LogP contribution in [0.3, 0.4) is 0 Å². The van der Waals surface area contributed by atoms with Crippen molar-refractivity contribution in [3.05, 3.63) is 47.2 Å². The van der Waals surface area contributed by atoms with Crippen LogP contribution >= 0.6 is 11.3 Å². The van der Waals surface area contributed by atoms with E-state index in [1.54, 1.807) is 23.6 Å². The Morgan fingerprint density at radius 3 is 2.67 bits per heavy atom. The maximum Gasteiger partial charge on any atom is 0.271 e. The van der Waals surface area contributed by atoms with Gasteiger partial charge in [0.05, 0.1) is 0 Å². The van der Waals surface area contributed by atoms with Crippen molar-refractivity contribution >= 4 is 27.0 Å². The summed E-state index contributed by atoms with van der Waals surface area (Å²) < 4.78 is 33.5. The van der Waals surface area contributed by atoms with E-state index in [2.05, 4.69) is 21.8 Å². The van der Waals surface area contributed by atoms with Crippen molar-refractivity contribution in [2.24, 2.45) is 0 Å². The molecule has 1 aliphatic carbocycles. The van der Waals surface area contributed by atoms with Gasteiger partial charge in [-0.3, -0.25) is 4.72 Å². The summed E-state index contributed by atoms with van der Waals surface area (Å²) in [4.78, 5) is 4.47. The third-order valence-corrected chi connectivity index (χ3v) is 7.68. The monoisotopic (exact) mass is 403 g/mol. The Morgan fingerprint density at radius 1 is 1.22 bits per heavy atom. The lowest BCUT2D eigenvalue weighted by atomic mass is 10.1. The zero-order chi connectivity index (χ0) is 18.9. The average molecular weight is 404 g/mol. The third kappa shape index (κ3) is 3.91. The molecule has 3 aromatic rings. The summed E-state index contributed by atoms with van der Waals surface area (Å²) in [6.45, 7) is 2.06. The lowest BCUT2D eigenvalue weighted by Crippen LogP contribution is -2.11. The van der Waals surface area contributed by atoms with Gasteiger partial charge in [0.2, 0.25) is 11.7 Å².